The molecule has 7 heteroatoms. The molecule has 0 spiro atoms. The van der Waals surface area contributed by atoms with Crippen LogP contribution in [0.2, 0.25) is 5.02 Å². The largest absolute Gasteiger partial charge is 0.332 e. The molecule has 27 heavy (non-hydrogen) atoms. The van der Waals surface area contributed by atoms with E-state index in [1.54, 1.807) is 4.90 Å². The van der Waals surface area contributed by atoms with Gasteiger partial charge in [-0.25, -0.2) is 12.7 Å². The smallest absolute Gasteiger partial charge is 0.255 e. The minimum absolute atomic E-state index is 0.0251. The van der Waals surface area contributed by atoms with E-state index in [2.05, 4.69) is 0 Å². The average molecular weight is 409 g/mol. The first-order valence-electron chi connectivity index (χ1n) is 8.75. The number of sulfonamides is 1. The second-order valence-corrected chi connectivity index (χ2v) is 9.16. The molecule has 0 N–H and O–H groups in total. The molecule has 1 amide bonds. The second-order valence-electron chi connectivity index (χ2n) is 6.61. The monoisotopic (exact) mass is 408 g/mol. The molecule has 2 aromatic carbocycles. The summed E-state index contributed by atoms with van der Waals surface area (Å²) in [7, 11) is -0.755. The van der Waals surface area contributed by atoms with E-state index in [0.29, 0.717) is 6.54 Å². The molecule has 1 atom stereocenters. The highest BCUT2D eigenvalue weighted by molar-refractivity contribution is 7.89. The maximum Gasteiger partial charge on any atom is 0.255 e. The van der Waals surface area contributed by atoms with E-state index in [1.807, 2.05) is 44.2 Å². The lowest BCUT2D eigenvalue weighted by atomic mass is 10.1. The van der Waals surface area contributed by atoms with E-state index in [-0.39, 0.29) is 27.4 Å². The fraction of sp³-hybridized carbons (Fsp3) is 0.350. The van der Waals surface area contributed by atoms with Gasteiger partial charge in [-0.2, -0.15) is 0 Å². The van der Waals surface area contributed by atoms with Crippen molar-refractivity contribution in [3.8, 4) is 0 Å². The van der Waals surface area contributed by atoms with Gasteiger partial charge in [-0.05, 0) is 37.1 Å². The SMILES string of the molecule is CCC(C)N(Cc1ccccc1)C(=O)c1cc(S(=O)(=O)N(C)C)ccc1Cl. The summed E-state index contributed by atoms with van der Waals surface area (Å²) in [6.45, 7) is 4.40. The van der Waals surface area contributed by atoms with Gasteiger partial charge in [0.15, 0.2) is 0 Å². The van der Waals surface area contributed by atoms with Crippen LogP contribution in [0.3, 0.4) is 0 Å². The molecule has 0 saturated carbocycles. The zero-order valence-corrected chi connectivity index (χ0v) is 17.6. The lowest BCUT2D eigenvalue weighted by Crippen LogP contribution is -2.38. The van der Waals surface area contributed by atoms with Crippen LogP contribution in [0.5, 0.6) is 0 Å². The van der Waals surface area contributed by atoms with Crippen LogP contribution in [0, 0.1) is 0 Å². The van der Waals surface area contributed by atoms with E-state index in [9.17, 15) is 13.2 Å². The predicted molar refractivity (Wildman–Crippen MR) is 108 cm³/mol. The Morgan fingerprint density at radius 2 is 1.74 bits per heavy atom. The molecule has 5 nitrogen and oxygen atoms in total. The van der Waals surface area contributed by atoms with Crippen LogP contribution in [0.1, 0.15) is 36.2 Å². The van der Waals surface area contributed by atoms with Gasteiger partial charge in [-0.3, -0.25) is 4.79 Å². The highest BCUT2D eigenvalue weighted by Gasteiger charge is 2.25. The van der Waals surface area contributed by atoms with Crippen LogP contribution < -0.4 is 0 Å². The van der Waals surface area contributed by atoms with Crippen molar-refractivity contribution in [1.29, 1.82) is 0 Å². The summed E-state index contributed by atoms with van der Waals surface area (Å²) in [5.74, 6) is -0.283. The number of benzene rings is 2. The van der Waals surface area contributed by atoms with Crippen molar-refractivity contribution in [3.63, 3.8) is 0 Å². The van der Waals surface area contributed by atoms with Gasteiger partial charge in [0.25, 0.3) is 5.91 Å². The first-order chi connectivity index (χ1) is 12.7. The molecule has 0 bridgehead atoms. The third kappa shape index (κ3) is 4.89. The van der Waals surface area contributed by atoms with Crippen molar-refractivity contribution in [2.45, 2.75) is 37.8 Å². The van der Waals surface area contributed by atoms with Crippen LogP contribution in [0.4, 0.5) is 0 Å². The highest BCUT2D eigenvalue weighted by atomic mass is 35.5. The van der Waals surface area contributed by atoms with E-state index in [0.717, 1.165) is 16.3 Å². The standard InChI is InChI=1S/C20H25ClN2O3S/c1-5-15(2)23(14-16-9-7-6-8-10-16)20(24)18-13-17(11-12-19(18)21)27(25,26)22(3)4/h6-13,15H,5,14H2,1-4H3. The Kier molecular flexibility index (Phi) is 7.03. The molecule has 1 unspecified atom stereocenters. The molecule has 0 aliphatic heterocycles. The number of halogens is 1. The van der Waals surface area contributed by atoms with Crippen molar-refractivity contribution >= 4 is 27.5 Å². The number of carbonyl (C=O) groups is 1. The van der Waals surface area contributed by atoms with Crippen molar-refractivity contribution in [2.24, 2.45) is 0 Å². The van der Waals surface area contributed by atoms with Gasteiger partial charge >= 0.3 is 0 Å². The van der Waals surface area contributed by atoms with Crippen molar-refractivity contribution in [3.05, 3.63) is 64.7 Å². The van der Waals surface area contributed by atoms with Gasteiger partial charge in [0, 0.05) is 26.7 Å². The molecule has 0 saturated heterocycles. The summed E-state index contributed by atoms with van der Waals surface area (Å²) in [5, 5.41) is 0.235. The van der Waals surface area contributed by atoms with Gasteiger partial charge in [0.05, 0.1) is 15.5 Å². The van der Waals surface area contributed by atoms with Gasteiger partial charge in [-0.15, -0.1) is 0 Å². The number of rotatable bonds is 7. The molecule has 2 rings (SSSR count). The van der Waals surface area contributed by atoms with Crippen molar-refractivity contribution < 1.29 is 13.2 Å². The molecule has 0 aliphatic carbocycles. The fourth-order valence-electron chi connectivity index (χ4n) is 2.62. The fourth-order valence-corrected chi connectivity index (χ4v) is 3.75. The quantitative estimate of drug-likeness (QED) is 0.694. The Morgan fingerprint density at radius 1 is 1.11 bits per heavy atom. The molecule has 146 valence electrons. The van der Waals surface area contributed by atoms with Gasteiger partial charge in [0.2, 0.25) is 10.0 Å². The van der Waals surface area contributed by atoms with Crippen LogP contribution >= 0.6 is 11.6 Å². The minimum atomic E-state index is -3.66. The number of carbonyl (C=O) groups excluding carboxylic acids is 1. The predicted octanol–water partition coefficient (Wildman–Crippen LogP) is 4.03. The van der Waals surface area contributed by atoms with Crippen molar-refractivity contribution in [2.75, 3.05) is 14.1 Å². The maximum absolute atomic E-state index is 13.3. The molecular weight excluding hydrogens is 384 g/mol. The lowest BCUT2D eigenvalue weighted by molar-refractivity contribution is 0.0671. The molecule has 0 radical (unpaired) electrons. The van der Waals surface area contributed by atoms with E-state index in [1.165, 1.54) is 32.3 Å². The third-order valence-electron chi connectivity index (χ3n) is 4.53. The third-order valence-corrected chi connectivity index (χ3v) is 6.67. The zero-order valence-electron chi connectivity index (χ0n) is 16.0. The first-order valence-corrected chi connectivity index (χ1v) is 10.6. The summed E-state index contributed by atoms with van der Waals surface area (Å²) >= 11 is 6.26. The highest BCUT2D eigenvalue weighted by Crippen LogP contribution is 2.25. The maximum atomic E-state index is 13.3. The second kappa shape index (κ2) is 8.87. The molecule has 0 fully saturated rings. The molecule has 0 heterocycles. The van der Waals surface area contributed by atoms with Gasteiger partial charge < -0.3 is 4.90 Å². The van der Waals surface area contributed by atoms with Crippen molar-refractivity contribution in [1.82, 2.24) is 9.21 Å². The number of amides is 1. The Bertz CT molecular complexity index is 899. The molecule has 0 aromatic heterocycles. The lowest BCUT2D eigenvalue weighted by Gasteiger charge is -2.29. The number of hydrogen-bond acceptors (Lipinski definition) is 3. The average Bonchev–Trinajstić information content (AvgIpc) is 2.65. The first kappa shape index (κ1) is 21.4. The Balaban J connectivity index is 2.45. The molecule has 0 aliphatic rings. The number of nitrogens with zero attached hydrogens (tertiary/aromatic N) is 2. The van der Waals surface area contributed by atoms with Crippen LogP contribution in [-0.2, 0) is 16.6 Å². The van der Waals surface area contributed by atoms with E-state index >= 15 is 0 Å². The van der Waals surface area contributed by atoms with Crippen LogP contribution in [0.15, 0.2) is 53.4 Å². The Morgan fingerprint density at radius 3 is 2.30 bits per heavy atom. The van der Waals surface area contributed by atoms with E-state index in [4.69, 9.17) is 11.6 Å². The molecule has 2 aromatic rings. The van der Waals surface area contributed by atoms with E-state index < -0.39 is 10.0 Å². The minimum Gasteiger partial charge on any atom is -0.332 e. The summed E-state index contributed by atoms with van der Waals surface area (Å²) in [5.41, 5.74) is 1.19. The summed E-state index contributed by atoms with van der Waals surface area (Å²) < 4.78 is 26.0. The Hall–Kier alpha value is -1.89. The van der Waals surface area contributed by atoms with Crippen LogP contribution in [-0.4, -0.2) is 43.7 Å². The normalized spacial score (nSPS) is 12.8. The topological polar surface area (TPSA) is 57.7 Å². The van der Waals surface area contributed by atoms with Crippen LogP contribution in [0.25, 0.3) is 0 Å². The summed E-state index contributed by atoms with van der Waals surface area (Å²) in [6, 6.07) is 13.9. The zero-order chi connectivity index (χ0) is 20.2. The summed E-state index contributed by atoms with van der Waals surface area (Å²) in [4.78, 5) is 15.0. The molecular formula is C20H25ClN2O3S. The Labute approximate surface area is 166 Å². The van der Waals surface area contributed by atoms with Gasteiger partial charge in [-0.1, -0.05) is 48.9 Å². The summed E-state index contributed by atoms with van der Waals surface area (Å²) in [6.07, 6.45) is 0.770. The number of hydrogen-bond donors (Lipinski definition) is 0. The van der Waals surface area contributed by atoms with Gasteiger partial charge in [0.1, 0.15) is 0 Å².